The Labute approximate surface area is 146 Å². The summed E-state index contributed by atoms with van der Waals surface area (Å²) in [5.74, 6) is -1.71. The van der Waals surface area contributed by atoms with Crippen molar-refractivity contribution in [3.05, 3.63) is 23.8 Å². The van der Waals surface area contributed by atoms with E-state index in [0.29, 0.717) is 0 Å². The second-order valence-electron chi connectivity index (χ2n) is 5.27. The van der Waals surface area contributed by atoms with Crippen LogP contribution in [0.4, 0.5) is 0 Å². The Morgan fingerprint density at radius 3 is 2.32 bits per heavy atom. The standard InChI is InChI=1S/C15H22N2O7S/c1-16(2)25(21,22)13-9-11(5-6-12(13)24-4)15(20)17(7-8-23-3)10-14(18)19/h5-6,9H,7-8,10H2,1-4H3,(H,18,19). The molecule has 10 heteroatoms. The van der Waals surface area contributed by atoms with Crippen molar-refractivity contribution < 1.29 is 32.6 Å². The Morgan fingerprint density at radius 2 is 1.84 bits per heavy atom. The van der Waals surface area contributed by atoms with E-state index in [1.807, 2.05) is 0 Å². The molecule has 1 N–H and O–H groups in total. The molecule has 1 aromatic carbocycles. The maximum absolute atomic E-state index is 12.6. The zero-order chi connectivity index (χ0) is 19.2. The lowest BCUT2D eigenvalue weighted by Crippen LogP contribution is -2.38. The van der Waals surface area contributed by atoms with Gasteiger partial charge < -0.3 is 19.5 Å². The molecule has 1 aromatic rings. The molecule has 0 fully saturated rings. The highest BCUT2D eigenvalue weighted by Crippen LogP contribution is 2.27. The number of rotatable bonds is 9. The summed E-state index contributed by atoms with van der Waals surface area (Å²) in [5, 5.41) is 8.96. The minimum absolute atomic E-state index is 0.0404. The molecule has 0 unspecified atom stereocenters. The Hall–Kier alpha value is -2.17. The van der Waals surface area contributed by atoms with Crippen LogP contribution in [0, 0.1) is 0 Å². The minimum atomic E-state index is -3.84. The van der Waals surface area contributed by atoms with Gasteiger partial charge in [-0.3, -0.25) is 9.59 Å². The fourth-order valence-electron chi connectivity index (χ4n) is 2.01. The molecule has 0 aliphatic rings. The topological polar surface area (TPSA) is 113 Å². The van der Waals surface area contributed by atoms with E-state index in [0.717, 1.165) is 9.21 Å². The smallest absolute Gasteiger partial charge is 0.323 e. The molecule has 0 bridgehead atoms. The van der Waals surface area contributed by atoms with Gasteiger partial charge in [0.15, 0.2) is 0 Å². The van der Waals surface area contributed by atoms with Crippen molar-refractivity contribution in [1.82, 2.24) is 9.21 Å². The molecule has 140 valence electrons. The number of nitrogens with zero attached hydrogens (tertiary/aromatic N) is 2. The highest BCUT2D eigenvalue weighted by atomic mass is 32.2. The summed E-state index contributed by atoms with van der Waals surface area (Å²) in [4.78, 5) is 24.5. The third kappa shape index (κ3) is 5.15. The molecule has 0 atom stereocenters. The summed E-state index contributed by atoms with van der Waals surface area (Å²) in [6.45, 7) is -0.314. The monoisotopic (exact) mass is 374 g/mol. The summed E-state index contributed by atoms with van der Waals surface area (Å²) in [6.07, 6.45) is 0. The zero-order valence-corrected chi connectivity index (χ0v) is 15.4. The first-order chi connectivity index (χ1) is 11.6. The van der Waals surface area contributed by atoms with Crippen LogP contribution in [0.3, 0.4) is 0 Å². The lowest BCUT2D eigenvalue weighted by atomic mass is 10.2. The van der Waals surface area contributed by atoms with Crippen molar-refractivity contribution in [3.8, 4) is 5.75 Å². The molecule has 0 aliphatic heterocycles. The first kappa shape index (κ1) is 20.9. The highest BCUT2D eigenvalue weighted by Gasteiger charge is 2.26. The van der Waals surface area contributed by atoms with Gasteiger partial charge in [0.1, 0.15) is 17.2 Å². The number of amides is 1. The van der Waals surface area contributed by atoms with Crippen LogP contribution < -0.4 is 4.74 Å². The Kier molecular flexibility index (Phi) is 7.34. The van der Waals surface area contributed by atoms with Crippen LogP contribution in [0.5, 0.6) is 5.75 Å². The minimum Gasteiger partial charge on any atom is -0.495 e. The van der Waals surface area contributed by atoms with Gasteiger partial charge in [0.2, 0.25) is 10.0 Å². The molecule has 1 rings (SSSR count). The second kappa shape index (κ2) is 8.79. The van der Waals surface area contributed by atoms with E-state index in [1.54, 1.807) is 0 Å². The number of carbonyl (C=O) groups excluding carboxylic acids is 1. The molecule has 0 radical (unpaired) electrons. The summed E-state index contributed by atoms with van der Waals surface area (Å²) < 4.78 is 35.8. The fourth-order valence-corrected chi connectivity index (χ4v) is 3.08. The Balaban J connectivity index is 3.32. The molecule has 0 heterocycles. The van der Waals surface area contributed by atoms with Crippen molar-refractivity contribution in [2.24, 2.45) is 0 Å². The van der Waals surface area contributed by atoms with Crippen molar-refractivity contribution >= 4 is 21.9 Å². The zero-order valence-electron chi connectivity index (χ0n) is 14.6. The predicted octanol–water partition coefficient (Wildman–Crippen LogP) is 0.119. The van der Waals surface area contributed by atoms with Gasteiger partial charge in [0, 0.05) is 33.3 Å². The average molecular weight is 374 g/mol. The van der Waals surface area contributed by atoms with Crippen LogP contribution in [0.2, 0.25) is 0 Å². The normalized spacial score (nSPS) is 11.4. The fraction of sp³-hybridized carbons (Fsp3) is 0.467. The third-order valence-corrected chi connectivity index (χ3v) is 5.18. The van der Waals surface area contributed by atoms with E-state index < -0.39 is 28.4 Å². The third-order valence-electron chi connectivity index (χ3n) is 3.35. The number of methoxy groups -OCH3 is 2. The van der Waals surface area contributed by atoms with Crippen LogP contribution in [0.1, 0.15) is 10.4 Å². The maximum Gasteiger partial charge on any atom is 0.323 e. The molecular formula is C15H22N2O7S. The molecule has 9 nitrogen and oxygen atoms in total. The van der Waals surface area contributed by atoms with E-state index in [4.69, 9.17) is 14.6 Å². The SMILES string of the molecule is COCCN(CC(=O)O)C(=O)c1ccc(OC)c(S(=O)(=O)N(C)C)c1. The van der Waals surface area contributed by atoms with E-state index >= 15 is 0 Å². The average Bonchev–Trinajstić information content (AvgIpc) is 2.56. The molecule has 0 saturated heterocycles. The van der Waals surface area contributed by atoms with Crippen molar-refractivity contribution in [2.75, 3.05) is 48.0 Å². The number of benzene rings is 1. The predicted molar refractivity (Wildman–Crippen MR) is 89.3 cm³/mol. The maximum atomic E-state index is 12.6. The van der Waals surface area contributed by atoms with Gasteiger partial charge in [0.05, 0.1) is 13.7 Å². The summed E-state index contributed by atoms with van der Waals surface area (Å²) in [5.41, 5.74) is 0.0404. The molecule has 0 saturated carbocycles. The number of carboxylic acid groups (broad SMARTS) is 1. The molecule has 0 spiro atoms. The molecular weight excluding hydrogens is 352 g/mol. The van der Waals surface area contributed by atoms with Gasteiger partial charge >= 0.3 is 5.97 Å². The van der Waals surface area contributed by atoms with Gasteiger partial charge in [-0.15, -0.1) is 0 Å². The first-order valence-corrected chi connectivity index (χ1v) is 8.69. The summed E-state index contributed by atoms with van der Waals surface area (Å²) in [7, 11) is 1.62. The number of hydrogen-bond donors (Lipinski definition) is 1. The van der Waals surface area contributed by atoms with E-state index in [-0.39, 0.29) is 29.4 Å². The van der Waals surface area contributed by atoms with Crippen LogP contribution in [-0.4, -0.2) is 82.6 Å². The number of carbonyl (C=O) groups is 2. The van der Waals surface area contributed by atoms with E-state index in [9.17, 15) is 18.0 Å². The van der Waals surface area contributed by atoms with Gasteiger partial charge in [-0.25, -0.2) is 12.7 Å². The number of hydrogen-bond acceptors (Lipinski definition) is 6. The number of sulfonamides is 1. The van der Waals surface area contributed by atoms with Gasteiger partial charge in [-0.05, 0) is 18.2 Å². The molecule has 0 aromatic heterocycles. The Bertz CT molecular complexity index is 731. The number of aliphatic carboxylic acids is 1. The van der Waals surface area contributed by atoms with Gasteiger partial charge in [-0.1, -0.05) is 0 Å². The lowest BCUT2D eigenvalue weighted by molar-refractivity contribution is -0.137. The van der Waals surface area contributed by atoms with Crippen molar-refractivity contribution in [1.29, 1.82) is 0 Å². The van der Waals surface area contributed by atoms with E-state index in [1.165, 1.54) is 46.5 Å². The van der Waals surface area contributed by atoms with Crippen molar-refractivity contribution in [3.63, 3.8) is 0 Å². The largest absolute Gasteiger partial charge is 0.495 e. The number of ether oxygens (including phenoxy) is 2. The lowest BCUT2D eigenvalue weighted by Gasteiger charge is -2.21. The van der Waals surface area contributed by atoms with Crippen LogP contribution in [-0.2, 0) is 19.6 Å². The second-order valence-corrected chi connectivity index (χ2v) is 7.39. The highest BCUT2D eigenvalue weighted by molar-refractivity contribution is 7.89. The van der Waals surface area contributed by atoms with Gasteiger partial charge in [-0.2, -0.15) is 0 Å². The molecule has 1 amide bonds. The first-order valence-electron chi connectivity index (χ1n) is 7.25. The molecule has 0 aliphatic carbocycles. The molecule has 25 heavy (non-hydrogen) atoms. The van der Waals surface area contributed by atoms with Crippen molar-refractivity contribution in [2.45, 2.75) is 4.90 Å². The summed E-state index contributed by atoms with van der Waals surface area (Å²) >= 11 is 0. The summed E-state index contributed by atoms with van der Waals surface area (Å²) in [6, 6.07) is 3.93. The quantitative estimate of drug-likeness (QED) is 0.653. The van der Waals surface area contributed by atoms with Crippen LogP contribution in [0.25, 0.3) is 0 Å². The van der Waals surface area contributed by atoms with Crippen LogP contribution in [0.15, 0.2) is 23.1 Å². The van der Waals surface area contributed by atoms with E-state index in [2.05, 4.69) is 0 Å². The Morgan fingerprint density at radius 1 is 1.20 bits per heavy atom. The van der Waals surface area contributed by atoms with Gasteiger partial charge in [0.25, 0.3) is 5.91 Å². The number of carboxylic acids is 1. The van der Waals surface area contributed by atoms with Crippen LogP contribution >= 0.6 is 0 Å².